The maximum Gasteiger partial charge on any atom is 0.200 e. The first-order chi connectivity index (χ1) is 8.27. The molecule has 0 amide bonds. The third-order valence-corrected chi connectivity index (χ3v) is 3.79. The smallest absolute Gasteiger partial charge is 0.200 e. The molecule has 3 aliphatic heterocycles. The predicted molar refractivity (Wildman–Crippen MR) is 62.8 cm³/mol. The average molecular weight is 258 g/mol. The van der Waals surface area contributed by atoms with E-state index in [0.717, 1.165) is 6.42 Å². The molecule has 0 aliphatic carbocycles. The van der Waals surface area contributed by atoms with Crippen LogP contribution in [0.15, 0.2) is 0 Å². The first-order valence-electron chi connectivity index (χ1n) is 6.64. The van der Waals surface area contributed by atoms with Crippen LogP contribution < -0.4 is 0 Å². The van der Waals surface area contributed by atoms with E-state index in [1.165, 1.54) is 0 Å². The summed E-state index contributed by atoms with van der Waals surface area (Å²) >= 11 is 0. The van der Waals surface area contributed by atoms with Crippen molar-refractivity contribution in [1.82, 2.24) is 0 Å². The molecule has 3 aliphatic rings. The lowest BCUT2D eigenvalue weighted by molar-refractivity contribution is -0.328. The second kappa shape index (κ2) is 3.67. The van der Waals surface area contributed by atoms with E-state index >= 15 is 0 Å². The zero-order valence-electron chi connectivity index (χ0n) is 11.7. The summed E-state index contributed by atoms with van der Waals surface area (Å²) in [5.41, 5.74) is 0. The van der Waals surface area contributed by atoms with Crippen molar-refractivity contribution >= 4 is 0 Å². The summed E-state index contributed by atoms with van der Waals surface area (Å²) in [7, 11) is 0. The van der Waals surface area contributed by atoms with Crippen molar-refractivity contribution in [2.75, 3.05) is 6.61 Å². The Bertz CT molecular complexity index is 353. The molecule has 3 saturated heterocycles. The summed E-state index contributed by atoms with van der Waals surface area (Å²) in [5, 5.41) is 0. The van der Waals surface area contributed by atoms with Gasteiger partial charge in [0.25, 0.3) is 0 Å². The van der Waals surface area contributed by atoms with E-state index in [4.69, 9.17) is 23.7 Å². The van der Waals surface area contributed by atoms with Crippen LogP contribution in [-0.2, 0) is 23.7 Å². The van der Waals surface area contributed by atoms with Gasteiger partial charge in [0.1, 0.15) is 18.3 Å². The number of ether oxygens (including phenoxy) is 5. The van der Waals surface area contributed by atoms with Gasteiger partial charge in [-0.15, -0.1) is 0 Å². The first-order valence-corrected chi connectivity index (χ1v) is 6.64. The highest BCUT2D eigenvalue weighted by Gasteiger charge is 2.66. The van der Waals surface area contributed by atoms with Gasteiger partial charge in [0, 0.05) is 6.42 Å². The topological polar surface area (TPSA) is 46.2 Å². The Hall–Kier alpha value is -0.200. The zero-order valence-corrected chi connectivity index (χ0v) is 11.7. The maximum atomic E-state index is 6.06. The Balaban J connectivity index is 1.88. The van der Waals surface area contributed by atoms with E-state index in [2.05, 4.69) is 0 Å². The SMILES string of the molecule is CCC12OC3COC(C)(C)OC3C1OC(C)(C)O2. The largest absolute Gasteiger partial charge is 0.348 e. The van der Waals surface area contributed by atoms with Crippen LogP contribution in [0.3, 0.4) is 0 Å². The van der Waals surface area contributed by atoms with Crippen LogP contribution in [-0.4, -0.2) is 42.3 Å². The lowest BCUT2D eigenvalue weighted by atomic mass is 10.0. The molecule has 0 saturated carbocycles. The monoisotopic (exact) mass is 258 g/mol. The number of hydrogen-bond donors (Lipinski definition) is 0. The highest BCUT2D eigenvalue weighted by molar-refractivity contribution is 5.04. The molecule has 104 valence electrons. The summed E-state index contributed by atoms with van der Waals surface area (Å²) in [4.78, 5) is 0. The van der Waals surface area contributed by atoms with Crippen molar-refractivity contribution in [2.24, 2.45) is 0 Å². The van der Waals surface area contributed by atoms with Gasteiger partial charge in [-0.05, 0) is 27.7 Å². The van der Waals surface area contributed by atoms with Gasteiger partial charge < -0.3 is 23.7 Å². The van der Waals surface area contributed by atoms with Crippen molar-refractivity contribution in [3.8, 4) is 0 Å². The molecule has 0 bridgehead atoms. The predicted octanol–water partition coefficient (Wildman–Crippen LogP) is 1.79. The molecule has 3 heterocycles. The number of rotatable bonds is 1. The van der Waals surface area contributed by atoms with Crippen LogP contribution in [0.5, 0.6) is 0 Å². The summed E-state index contributed by atoms with van der Waals surface area (Å²) in [6.45, 7) is 10.2. The van der Waals surface area contributed by atoms with E-state index in [-0.39, 0.29) is 18.3 Å². The van der Waals surface area contributed by atoms with Crippen molar-refractivity contribution in [2.45, 2.75) is 76.7 Å². The van der Waals surface area contributed by atoms with Crippen LogP contribution in [0.1, 0.15) is 41.0 Å². The lowest BCUT2D eigenvalue weighted by Crippen LogP contribution is -2.51. The van der Waals surface area contributed by atoms with Gasteiger partial charge >= 0.3 is 0 Å². The van der Waals surface area contributed by atoms with E-state index in [0.29, 0.717) is 6.61 Å². The summed E-state index contributed by atoms with van der Waals surface area (Å²) in [5.74, 6) is -1.91. The minimum Gasteiger partial charge on any atom is -0.348 e. The Kier molecular flexibility index (Phi) is 2.61. The van der Waals surface area contributed by atoms with E-state index in [1.807, 2.05) is 34.6 Å². The van der Waals surface area contributed by atoms with Crippen LogP contribution in [0, 0.1) is 0 Å². The third-order valence-electron chi connectivity index (χ3n) is 3.79. The van der Waals surface area contributed by atoms with Crippen molar-refractivity contribution in [1.29, 1.82) is 0 Å². The highest BCUT2D eigenvalue weighted by atomic mass is 16.9. The van der Waals surface area contributed by atoms with Gasteiger partial charge in [-0.2, -0.15) is 0 Å². The van der Waals surface area contributed by atoms with E-state index in [9.17, 15) is 0 Å². The minimum atomic E-state index is -0.692. The van der Waals surface area contributed by atoms with Gasteiger partial charge in [0.05, 0.1) is 6.61 Å². The summed E-state index contributed by atoms with van der Waals surface area (Å²) < 4.78 is 29.7. The quantitative estimate of drug-likeness (QED) is 0.717. The maximum absolute atomic E-state index is 6.06. The molecule has 3 fully saturated rings. The molecule has 0 radical (unpaired) electrons. The Morgan fingerprint density at radius 1 is 1.00 bits per heavy atom. The molecule has 18 heavy (non-hydrogen) atoms. The molecule has 0 spiro atoms. The molecular formula is C13H22O5. The first kappa shape index (κ1) is 12.8. The van der Waals surface area contributed by atoms with Gasteiger partial charge in [-0.25, -0.2) is 0 Å². The zero-order chi connectivity index (χ0) is 13.2. The second-order valence-electron chi connectivity index (χ2n) is 6.16. The van der Waals surface area contributed by atoms with Gasteiger partial charge in [-0.3, -0.25) is 0 Å². The standard InChI is InChI=1S/C13H22O5/c1-6-13-10(17-12(4,5)18-13)9-8(15-13)7-14-11(2,3)16-9/h8-10H,6-7H2,1-5H3. The molecule has 5 heteroatoms. The fraction of sp³-hybridized carbons (Fsp3) is 1.00. The molecule has 0 aromatic heterocycles. The van der Waals surface area contributed by atoms with Crippen LogP contribution >= 0.6 is 0 Å². The normalized spacial score (nSPS) is 48.8. The van der Waals surface area contributed by atoms with Gasteiger partial charge in [0.15, 0.2) is 11.6 Å². The molecule has 0 aromatic rings. The van der Waals surface area contributed by atoms with Crippen molar-refractivity contribution in [3.05, 3.63) is 0 Å². The Morgan fingerprint density at radius 3 is 2.39 bits per heavy atom. The fourth-order valence-corrected chi connectivity index (χ4v) is 3.09. The molecule has 0 aromatic carbocycles. The molecule has 4 atom stereocenters. The Labute approximate surface area is 108 Å². The van der Waals surface area contributed by atoms with Crippen molar-refractivity contribution < 1.29 is 23.7 Å². The highest BCUT2D eigenvalue weighted by Crippen LogP contribution is 2.50. The molecule has 0 N–H and O–H groups in total. The van der Waals surface area contributed by atoms with Crippen LogP contribution in [0.4, 0.5) is 0 Å². The van der Waals surface area contributed by atoms with Gasteiger partial charge in [-0.1, -0.05) is 6.92 Å². The van der Waals surface area contributed by atoms with E-state index < -0.39 is 17.4 Å². The number of hydrogen-bond acceptors (Lipinski definition) is 5. The molecular weight excluding hydrogens is 236 g/mol. The van der Waals surface area contributed by atoms with Crippen LogP contribution in [0.2, 0.25) is 0 Å². The lowest BCUT2D eigenvalue weighted by Gasteiger charge is -2.38. The minimum absolute atomic E-state index is 0.112. The molecule has 4 unspecified atom stereocenters. The summed E-state index contributed by atoms with van der Waals surface area (Å²) in [6.07, 6.45) is 0.304. The Morgan fingerprint density at radius 2 is 1.72 bits per heavy atom. The molecule has 3 rings (SSSR count). The number of fused-ring (bicyclic) bond motifs is 3. The average Bonchev–Trinajstić information content (AvgIpc) is 2.66. The van der Waals surface area contributed by atoms with E-state index in [1.54, 1.807) is 0 Å². The summed E-state index contributed by atoms with van der Waals surface area (Å²) in [6, 6.07) is 0. The van der Waals surface area contributed by atoms with Gasteiger partial charge in [0.2, 0.25) is 5.79 Å². The van der Waals surface area contributed by atoms with Crippen molar-refractivity contribution in [3.63, 3.8) is 0 Å². The third kappa shape index (κ3) is 1.80. The second-order valence-corrected chi connectivity index (χ2v) is 6.16. The molecule has 5 nitrogen and oxygen atoms in total. The fourth-order valence-electron chi connectivity index (χ4n) is 3.09. The van der Waals surface area contributed by atoms with Crippen LogP contribution in [0.25, 0.3) is 0 Å².